The molecule has 0 aliphatic carbocycles. The molecule has 66 valence electrons. The number of carbonyl (C=O) groups excluding carboxylic acids is 1. The lowest BCUT2D eigenvalue weighted by molar-refractivity contribution is 0.112. The predicted molar refractivity (Wildman–Crippen MR) is 58.5 cm³/mol. The third-order valence-electron chi connectivity index (χ3n) is 1.45. The number of thiophene rings is 1. The molecule has 2 heterocycles. The maximum atomic E-state index is 10.4. The topological polar surface area (TPSA) is 30.0 Å². The molecule has 2 nitrogen and oxygen atoms in total. The second-order valence-electron chi connectivity index (χ2n) is 2.28. The molecule has 0 unspecified atom stereocenters. The van der Waals surface area contributed by atoms with Crippen LogP contribution in [0.15, 0.2) is 22.1 Å². The van der Waals surface area contributed by atoms with Crippen LogP contribution in [0.4, 0.5) is 0 Å². The zero-order valence-corrected chi connectivity index (χ0v) is 9.58. The Bertz CT molecular complexity index is 435. The SMILES string of the molecule is O=Cc1cnc(-c2sccc2Br)s1. The lowest BCUT2D eigenvalue weighted by atomic mass is 10.5. The number of aromatic nitrogens is 1. The molecule has 0 atom stereocenters. The van der Waals surface area contributed by atoms with Gasteiger partial charge < -0.3 is 0 Å². The number of aldehydes is 1. The van der Waals surface area contributed by atoms with Gasteiger partial charge in [-0.05, 0) is 27.4 Å². The van der Waals surface area contributed by atoms with Crippen molar-refractivity contribution in [3.05, 3.63) is 27.0 Å². The van der Waals surface area contributed by atoms with Crippen molar-refractivity contribution in [3.8, 4) is 9.88 Å². The Morgan fingerprint density at radius 1 is 1.54 bits per heavy atom. The average molecular weight is 274 g/mol. The minimum atomic E-state index is 0.662. The number of halogens is 1. The molecule has 0 aliphatic heterocycles. The Morgan fingerprint density at radius 3 is 2.92 bits per heavy atom. The lowest BCUT2D eigenvalue weighted by Crippen LogP contribution is -1.66. The lowest BCUT2D eigenvalue weighted by Gasteiger charge is -1.88. The first-order valence-electron chi connectivity index (χ1n) is 3.45. The molecule has 2 rings (SSSR count). The molecule has 5 heteroatoms. The van der Waals surface area contributed by atoms with Crippen LogP contribution in [0.3, 0.4) is 0 Å². The number of thiazole rings is 1. The van der Waals surface area contributed by atoms with Gasteiger partial charge in [-0.1, -0.05) is 0 Å². The molecule has 2 aromatic heterocycles. The summed E-state index contributed by atoms with van der Waals surface area (Å²) < 4.78 is 1.03. The van der Waals surface area contributed by atoms with Crippen LogP contribution in [-0.4, -0.2) is 11.3 Å². The Labute approximate surface area is 91.4 Å². The second kappa shape index (κ2) is 3.69. The van der Waals surface area contributed by atoms with Gasteiger partial charge in [0.2, 0.25) is 0 Å². The highest BCUT2D eigenvalue weighted by atomic mass is 79.9. The minimum absolute atomic E-state index is 0.662. The molecule has 0 saturated carbocycles. The summed E-state index contributed by atoms with van der Waals surface area (Å²) in [4.78, 5) is 16.3. The standard InChI is InChI=1S/C8H4BrNOS2/c9-6-1-2-12-7(6)8-10-3-5(4-11)13-8/h1-4H. The van der Waals surface area contributed by atoms with Crippen LogP contribution in [0.25, 0.3) is 9.88 Å². The summed E-state index contributed by atoms with van der Waals surface area (Å²) in [6.45, 7) is 0. The molecule has 0 aromatic carbocycles. The van der Waals surface area contributed by atoms with Crippen LogP contribution in [0.2, 0.25) is 0 Å². The van der Waals surface area contributed by atoms with Crippen LogP contribution in [-0.2, 0) is 0 Å². The van der Waals surface area contributed by atoms with Gasteiger partial charge in [0.15, 0.2) is 6.29 Å². The number of nitrogens with zero attached hydrogens (tertiary/aromatic N) is 1. The second-order valence-corrected chi connectivity index (χ2v) is 5.12. The summed E-state index contributed by atoms with van der Waals surface area (Å²) in [7, 11) is 0. The van der Waals surface area contributed by atoms with E-state index in [9.17, 15) is 4.79 Å². The van der Waals surface area contributed by atoms with Gasteiger partial charge in [0.1, 0.15) is 5.01 Å². The fourth-order valence-corrected chi connectivity index (χ4v) is 3.43. The van der Waals surface area contributed by atoms with Crippen molar-refractivity contribution in [1.82, 2.24) is 4.98 Å². The smallest absolute Gasteiger partial charge is 0.161 e. The third kappa shape index (κ3) is 1.72. The van der Waals surface area contributed by atoms with E-state index in [1.165, 1.54) is 11.3 Å². The van der Waals surface area contributed by atoms with Crippen molar-refractivity contribution < 1.29 is 4.79 Å². The van der Waals surface area contributed by atoms with Gasteiger partial charge in [-0.25, -0.2) is 4.98 Å². The van der Waals surface area contributed by atoms with E-state index >= 15 is 0 Å². The van der Waals surface area contributed by atoms with E-state index in [0.29, 0.717) is 4.88 Å². The Morgan fingerprint density at radius 2 is 2.38 bits per heavy atom. The van der Waals surface area contributed by atoms with E-state index in [1.807, 2.05) is 11.4 Å². The Hall–Kier alpha value is -0.520. The molecule has 0 radical (unpaired) electrons. The monoisotopic (exact) mass is 273 g/mol. The van der Waals surface area contributed by atoms with Crippen molar-refractivity contribution in [3.63, 3.8) is 0 Å². The molecule has 0 fully saturated rings. The molecule has 0 N–H and O–H groups in total. The van der Waals surface area contributed by atoms with Gasteiger partial charge in [-0.15, -0.1) is 22.7 Å². The number of hydrogen-bond donors (Lipinski definition) is 0. The van der Waals surface area contributed by atoms with Gasteiger partial charge in [-0.3, -0.25) is 4.79 Å². The normalized spacial score (nSPS) is 10.2. The first-order valence-corrected chi connectivity index (χ1v) is 5.94. The van der Waals surface area contributed by atoms with Gasteiger partial charge >= 0.3 is 0 Å². The van der Waals surface area contributed by atoms with Crippen LogP contribution in [0.5, 0.6) is 0 Å². The third-order valence-corrected chi connectivity index (χ3v) is 4.36. The maximum Gasteiger partial charge on any atom is 0.161 e. The molecule has 0 amide bonds. The van der Waals surface area contributed by atoms with Crippen molar-refractivity contribution in [2.75, 3.05) is 0 Å². The summed E-state index contributed by atoms with van der Waals surface area (Å²) in [6, 6.07) is 1.97. The highest BCUT2D eigenvalue weighted by Gasteiger charge is 2.08. The molecular weight excluding hydrogens is 270 g/mol. The zero-order chi connectivity index (χ0) is 9.26. The molecule has 0 bridgehead atoms. The number of carbonyl (C=O) groups is 1. The quantitative estimate of drug-likeness (QED) is 0.785. The summed E-state index contributed by atoms with van der Waals surface area (Å²) in [6.07, 6.45) is 2.42. The van der Waals surface area contributed by atoms with Gasteiger partial charge in [0, 0.05) is 10.7 Å². The maximum absolute atomic E-state index is 10.4. The van der Waals surface area contributed by atoms with E-state index < -0.39 is 0 Å². The highest BCUT2D eigenvalue weighted by molar-refractivity contribution is 9.10. The first-order chi connectivity index (χ1) is 6.31. The van der Waals surface area contributed by atoms with E-state index in [2.05, 4.69) is 20.9 Å². The van der Waals surface area contributed by atoms with E-state index in [1.54, 1.807) is 17.5 Å². The Kier molecular flexibility index (Phi) is 2.57. The number of hydrogen-bond acceptors (Lipinski definition) is 4. The fraction of sp³-hybridized carbons (Fsp3) is 0. The van der Waals surface area contributed by atoms with Crippen LogP contribution >= 0.6 is 38.6 Å². The van der Waals surface area contributed by atoms with Crippen LogP contribution in [0.1, 0.15) is 9.67 Å². The van der Waals surface area contributed by atoms with Crippen molar-refractivity contribution >= 4 is 44.9 Å². The van der Waals surface area contributed by atoms with Gasteiger partial charge in [-0.2, -0.15) is 0 Å². The van der Waals surface area contributed by atoms with E-state index in [-0.39, 0.29) is 0 Å². The van der Waals surface area contributed by atoms with Crippen molar-refractivity contribution in [2.45, 2.75) is 0 Å². The van der Waals surface area contributed by atoms with Gasteiger partial charge in [0.05, 0.1) is 9.75 Å². The molecule has 13 heavy (non-hydrogen) atoms. The zero-order valence-electron chi connectivity index (χ0n) is 6.36. The summed E-state index contributed by atoms with van der Waals surface area (Å²) in [5.74, 6) is 0. The molecule has 0 saturated heterocycles. The largest absolute Gasteiger partial charge is 0.297 e. The number of rotatable bonds is 2. The predicted octanol–water partition coefficient (Wildman–Crippen LogP) is 3.45. The first kappa shape index (κ1) is 9.05. The molecule has 0 aliphatic rings. The molecule has 2 aromatic rings. The van der Waals surface area contributed by atoms with Crippen LogP contribution in [0, 0.1) is 0 Å². The van der Waals surface area contributed by atoms with E-state index in [4.69, 9.17) is 0 Å². The van der Waals surface area contributed by atoms with Crippen molar-refractivity contribution in [2.24, 2.45) is 0 Å². The fourth-order valence-electron chi connectivity index (χ4n) is 0.892. The van der Waals surface area contributed by atoms with Crippen LogP contribution < -0.4 is 0 Å². The van der Waals surface area contributed by atoms with E-state index in [0.717, 1.165) is 20.6 Å². The molecular formula is C8H4BrNOS2. The molecule has 0 spiro atoms. The van der Waals surface area contributed by atoms with Gasteiger partial charge in [0.25, 0.3) is 0 Å². The Balaban J connectivity index is 2.46. The summed E-state index contributed by atoms with van der Waals surface area (Å²) >= 11 is 6.44. The highest BCUT2D eigenvalue weighted by Crippen LogP contribution is 2.35. The minimum Gasteiger partial charge on any atom is -0.297 e. The average Bonchev–Trinajstić information content (AvgIpc) is 2.71. The summed E-state index contributed by atoms with van der Waals surface area (Å²) in [5.41, 5.74) is 0. The van der Waals surface area contributed by atoms with Crippen molar-refractivity contribution in [1.29, 1.82) is 0 Å². The summed E-state index contributed by atoms with van der Waals surface area (Å²) in [5, 5.41) is 2.88.